The predicted molar refractivity (Wildman–Crippen MR) is 36.6 cm³/mol. The van der Waals surface area contributed by atoms with Crippen molar-refractivity contribution in [2.24, 2.45) is 10.7 Å². The van der Waals surface area contributed by atoms with E-state index in [1.54, 1.807) is 0 Å². The molecule has 11 heavy (non-hydrogen) atoms. The van der Waals surface area contributed by atoms with Crippen molar-refractivity contribution in [2.75, 3.05) is 0 Å². The normalized spacial score (nSPS) is 23.2. The second-order valence-corrected chi connectivity index (χ2v) is 1.97. The maximum absolute atomic E-state index is 10.6. The molecular formula is C5H5N3O3. The summed E-state index contributed by atoms with van der Waals surface area (Å²) in [5.41, 5.74) is 4.92. The lowest BCUT2D eigenvalue weighted by molar-refractivity contribution is -0.414. The van der Waals surface area contributed by atoms with E-state index in [-0.39, 0.29) is 5.70 Å². The van der Waals surface area contributed by atoms with Gasteiger partial charge in [-0.25, -0.2) is 4.99 Å². The monoisotopic (exact) mass is 155 g/mol. The van der Waals surface area contributed by atoms with Gasteiger partial charge in [0.15, 0.2) is 0 Å². The summed E-state index contributed by atoms with van der Waals surface area (Å²) in [5.74, 6) is -0.560. The highest BCUT2D eigenvalue weighted by Gasteiger charge is 2.20. The van der Waals surface area contributed by atoms with Gasteiger partial charge in [0.05, 0.1) is 4.92 Å². The molecule has 0 spiro atoms. The van der Waals surface area contributed by atoms with Crippen LogP contribution in [-0.2, 0) is 4.79 Å². The Morgan fingerprint density at radius 1 is 1.73 bits per heavy atom. The number of aliphatic imine (C=N–C) groups is 1. The number of dihydropyridines is 1. The third-order valence-corrected chi connectivity index (χ3v) is 1.17. The van der Waals surface area contributed by atoms with Crippen molar-refractivity contribution >= 4 is 12.1 Å². The fourth-order valence-electron chi connectivity index (χ4n) is 0.622. The van der Waals surface area contributed by atoms with Crippen molar-refractivity contribution in [3.05, 3.63) is 21.9 Å². The zero-order valence-electron chi connectivity index (χ0n) is 5.43. The molecule has 1 aliphatic heterocycles. The molecule has 6 heteroatoms. The van der Waals surface area contributed by atoms with Crippen LogP contribution in [0.3, 0.4) is 0 Å². The molecule has 58 valence electrons. The van der Waals surface area contributed by atoms with Gasteiger partial charge < -0.3 is 5.73 Å². The van der Waals surface area contributed by atoms with E-state index in [0.29, 0.717) is 0 Å². The molecule has 6 nitrogen and oxygen atoms in total. The molecule has 0 saturated carbocycles. The first-order valence-corrected chi connectivity index (χ1v) is 2.81. The molecule has 1 atom stereocenters. The molecule has 1 aliphatic rings. The second kappa shape index (κ2) is 2.59. The average Bonchev–Trinajstić information content (AvgIpc) is 1.94. The summed E-state index contributed by atoms with van der Waals surface area (Å²) < 4.78 is 0. The molecule has 1 unspecified atom stereocenters. The maximum Gasteiger partial charge on any atom is 0.285 e. The number of amides is 1. The SMILES string of the molecule is NC1C=C([N+](=O)[O-])C=NC1=O. The number of hydrogen-bond acceptors (Lipinski definition) is 4. The van der Waals surface area contributed by atoms with Crippen LogP contribution in [0, 0.1) is 10.1 Å². The van der Waals surface area contributed by atoms with E-state index in [2.05, 4.69) is 4.99 Å². The highest BCUT2D eigenvalue weighted by atomic mass is 16.6. The molecule has 0 bridgehead atoms. The van der Waals surface area contributed by atoms with E-state index < -0.39 is 16.9 Å². The van der Waals surface area contributed by atoms with Crippen molar-refractivity contribution in [3.8, 4) is 0 Å². The molecule has 0 aromatic rings. The summed E-state index contributed by atoms with van der Waals surface area (Å²) in [4.78, 5) is 23.2. The van der Waals surface area contributed by atoms with Gasteiger partial charge in [-0.1, -0.05) is 0 Å². The zero-order valence-corrected chi connectivity index (χ0v) is 5.43. The highest BCUT2D eigenvalue weighted by Crippen LogP contribution is 2.01. The van der Waals surface area contributed by atoms with Gasteiger partial charge in [-0.05, 0) is 0 Å². The minimum atomic E-state index is -0.972. The third kappa shape index (κ3) is 1.47. The summed E-state index contributed by atoms with van der Waals surface area (Å²) in [7, 11) is 0. The van der Waals surface area contributed by atoms with Gasteiger partial charge in [0.2, 0.25) is 0 Å². The van der Waals surface area contributed by atoms with Crippen LogP contribution in [0.5, 0.6) is 0 Å². The summed E-state index contributed by atoms with van der Waals surface area (Å²) in [5, 5.41) is 10.1. The molecule has 1 amide bonds. The van der Waals surface area contributed by atoms with E-state index in [1.807, 2.05) is 0 Å². The third-order valence-electron chi connectivity index (χ3n) is 1.17. The molecule has 0 aromatic carbocycles. The molecule has 1 heterocycles. The van der Waals surface area contributed by atoms with Gasteiger partial charge in [0, 0.05) is 6.08 Å². The number of nitrogens with two attached hydrogens (primary N) is 1. The summed E-state index contributed by atoms with van der Waals surface area (Å²) in [6, 6.07) is -0.972. The lowest BCUT2D eigenvalue weighted by Crippen LogP contribution is -2.30. The van der Waals surface area contributed by atoms with E-state index >= 15 is 0 Å². The number of hydrogen-bond donors (Lipinski definition) is 1. The van der Waals surface area contributed by atoms with Crippen LogP contribution in [0.4, 0.5) is 0 Å². The number of rotatable bonds is 1. The van der Waals surface area contributed by atoms with Crippen LogP contribution in [0.25, 0.3) is 0 Å². The topological polar surface area (TPSA) is 98.6 Å². The molecule has 0 aromatic heterocycles. The van der Waals surface area contributed by atoms with Crippen molar-refractivity contribution in [3.63, 3.8) is 0 Å². The molecule has 0 saturated heterocycles. The Morgan fingerprint density at radius 3 is 2.82 bits per heavy atom. The molecule has 1 rings (SSSR count). The van der Waals surface area contributed by atoms with Crippen LogP contribution < -0.4 is 5.73 Å². The lowest BCUT2D eigenvalue weighted by atomic mass is 10.2. The standard InChI is InChI=1S/C5H5N3O3/c6-4-1-3(8(10)11)2-7-5(4)9/h1-2,4H,6H2. The Morgan fingerprint density at radius 2 is 2.36 bits per heavy atom. The Kier molecular flexibility index (Phi) is 1.77. The van der Waals surface area contributed by atoms with Gasteiger partial charge in [-0.15, -0.1) is 0 Å². The largest absolute Gasteiger partial charge is 0.316 e. The molecule has 2 N–H and O–H groups in total. The molecular weight excluding hydrogens is 150 g/mol. The minimum Gasteiger partial charge on any atom is -0.316 e. The first-order valence-electron chi connectivity index (χ1n) is 2.81. The first kappa shape index (κ1) is 7.55. The fourth-order valence-corrected chi connectivity index (χ4v) is 0.622. The second-order valence-electron chi connectivity index (χ2n) is 1.97. The van der Waals surface area contributed by atoms with Gasteiger partial charge in [0.1, 0.15) is 12.3 Å². The van der Waals surface area contributed by atoms with Crippen molar-refractivity contribution in [2.45, 2.75) is 6.04 Å². The minimum absolute atomic E-state index is 0.239. The van der Waals surface area contributed by atoms with Crippen LogP contribution in [-0.4, -0.2) is 23.1 Å². The fraction of sp³-hybridized carbons (Fsp3) is 0.200. The van der Waals surface area contributed by atoms with E-state index in [9.17, 15) is 14.9 Å². The van der Waals surface area contributed by atoms with Gasteiger partial charge >= 0.3 is 0 Å². The average molecular weight is 155 g/mol. The quantitative estimate of drug-likeness (QED) is 0.391. The van der Waals surface area contributed by atoms with Crippen LogP contribution >= 0.6 is 0 Å². The van der Waals surface area contributed by atoms with Gasteiger partial charge in [-0.3, -0.25) is 14.9 Å². The number of allylic oxidation sites excluding steroid dienone is 1. The van der Waals surface area contributed by atoms with Crippen LogP contribution in [0.1, 0.15) is 0 Å². The van der Waals surface area contributed by atoms with Gasteiger partial charge in [-0.2, -0.15) is 0 Å². The van der Waals surface area contributed by atoms with Crippen molar-refractivity contribution < 1.29 is 9.72 Å². The number of nitrogens with zero attached hydrogens (tertiary/aromatic N) is 2. The number of carbonyl (C=O) groups excluding carboxylic acids is 1. The predicted octanol–water partition coefficient (Wildman–Crippen LogP) is -0.915. The van der Waals surface area contributed by atoms with Crippen molar-refractivity contribution in [1.82, 2.24) is 0 Å². The summed E-state index contributed by atoms with van der Waals surface area (Å²) in [6.07, 6.45) is 1.96. The smallest absolute Gasteiger partial charge is 0.285 e. The Bertz CT molecular complexity index is 268. The van der Waals surface area contributed by atoms with Crippen LogP contribution in [0.2, 0.25) is 0 Å². The van der Waals surface area contributed by atoms with E-state index in [4.69, 9.17) is 5.73 Å². The van der Waals surface area contributed by atoms with Crippen LogP contribution in [0.15, 0.2) is 16.8 Å². The number of carbonyl (C=O) groups is 1. The highest BCUT2D eigenvalue weighted by molar-refractivity contribution is 5.97. The van der Waals surface area contributed by atoms with E-state index in [0.717, 1.165) is 12.3 Å². The molecule has 0 fully saturated rings. The molecule has 0 radical (unpaired) electrons. The van der Waals surface area contributed by atoms with E-state index in [1.165, 1.54) is 0 Å². The zero-order chi connectivity index (χ0) is 8.43. The number of nitro groups is 1. The Balaban J connectivity index is 2.88. The molecule has 0 aliphatic carbocycles. The van der Waals surface area contributed by atoms with Crippen molar-refractivity contribution in [1.29, 1.82) is 0 Å². The maximum atomic E-state index is 10.6. The van der Waals surface area contributed by atoms with Gasteiger partial charge in [0.25, 0.3) is 11.6 Å². The lowest BCUT2D eigenvalue weighted by Gasteiger charge is -2.03. The summed E-state index contributed by atoms with van der Waals surface area (Å²) >= 11 is 0. The Labute approximate surface area is 61.6 Å². The first-order chi connectivity index (χ1) is 5.11. The summed E-state index contributed by atoms with van der Waals surface area (Å²) in [6.45, 7) is 0. The Hall–Kier alpha value is -1.56.